The number of pyridine rings is 1. The summed E-state index contributed by atoms with van der Waals surface area (Å²) < 4.78 is 5.42. The lowest BCUT2D eigenvalue weighted by atomic mass is 10.2. The number of nitrogens with zero attached hydrogens (tertiary/aromatic N) is 2. The number of hydrogen-bond donors (Lipinski definition) is 2. The lowest BCUT2D eigenvalue weighted by molar-refractivity contribution is 0.0947. The molecule has 0 aromatic carbocycles. The SMILES string of the molecule is CCNc1ncccc1C(=O)NCc1nc(C)c(C)o1. The smallest absolute Gasteiger partial charge is 0.255 e. The number of hydrogen-bond acceptors (Lipinski definition) is 5. The van der Waals surface area contributed by atoms with Crippen LogP contribution < -0.4 is 10.6 Å². The van der Waals surface area contributed by atoms with E-state index >= 15 is 0 Å². The number of oxazole rings is 1. The number of carbonyl (C=O) groups excluding carboxylic acids is 1. The Bertz CT molecular complexity index is 587. The van der Waals surface area contributed by atoms with Gasteiger partial charge in [0.25, 0.3) is 5.91 Å². The van der Waals surface area contributed by atoms with Gasteiger partial charge in [-0.1, -0.05) is 0 Å². The van der Waals surface area contributed by atoms with Gasteiger partial charge in [-0.3, -0.25) is 4.79 Å². The monoisotopic (exact) mass is 274 g/mol. The maximum absolute atomic E-state index is 12.1. The van der Waals surface area contributed by atoms with Gasteiger partial charge in [0, 0.05) is 12.7 Å². The molecule has 0 spiro atoms. The average molecular weight is 274 g/mol. The number of aryl methyl sites for hydroxylation is 2. The third-order valence-corrected chi connectivity index (χ3v) is 2.87. The first kappa shape index (κ1) is 14.0. The molecule has 0 radical (unpaired) electrons. The summed E-state index contributed by atoms with van der Waals surface area (Å²) >= 11 is 0. The molecular formula is C14H18N4O2. The molecule has 106 valence electrons. The van der Waals surface area contributed by atoms with Gasteiger partial charge in [0.2, 0.25) is 5.89 Å². The van der Waals surface area contributed by atoms with Gasteiger partial charge >= 0.3 is 0 Å². The van der Waals surface area contributed by atoms with Crippen molar-refractivity contribution in [3.63, 3.8) is 0 Å². The summed E-state index contributed by atoms with van der Waals surface area (Å²) in [5.41, 5.74) is 1.35. The molecule has 0 saturated heterocycles. The minimum Gasteiger partial charge on any atom is -0.444 e. The number of aromatic nitrogens is 2. The molecule has 2 aromatic heterocycles. The zero-order valence-corrected chi connectivity index (χ0v) is 11.9. The Kier molecular flexibility index (Phi) is 4.34. The molecule has 0 saturated carbocycles. The third-order valence-electron chi connectivity index (χ3n) is 2.87. The van der Waals surface area contributed by atoms with Crippen molar-refractivity contribution < 1.29 is 9.21 Å². The fourth-order valence-corrected chi connectivity index (χ4v) is 1.76. The van der Waals surface area contributed by atoms with Crippen molar-refractivity contribution in [2.45, 2.75) is 27.3 Å². The standard InChI is InChI=1S/C14H18N4O2/c1-4-15-13-11(6-5-7-16-13)14(19)17-8-12-18-9(2)10(3)20-12/h5-7H,4,8H2,1-3H3,(H,15,16)(H,17,19). The van der Waals surface area contributed by atoms with Crippen LogP contribution in [0.5, 0.6) is 0 Å². The first-order chi connectivity index (χ1) is 9.61. The second-order valence-corrected chi connectivity index (χ2v) is 4.36. The number of carbonyl (C=O) groups is 1. The summed E-state index contributed by atoms with van der Waals surface area (Å²) in [4.78, 5) is 20.5. The molecule has 0 bridgehead atoms. The van der Waals surface area contributed by atoms with Crippen molar-refractivity contribution in [3.05, 3.63) is 41.2 Å². The zero-order valence-electron chi connectivity index (χ0n) is 11.9. The Hall–Kier alpha value is -2.37. The summed E-state index contributed by atoms with van der Waals surface area (Å²) in [6.45, 7) is 6.63. The van der Waals surface area contributed by atoms with Crippen molar-refractivity contribution in [1.82, 2.24) is 15.3 Å². The van der Waals surface area contributed by atoms with Crippen LogP contribution >= 0.6 is 0 Å². The van der Waals surface area contributed by atoms with Gasteiger partial charge < -0.3 is 15.1 Å². The van der Waals surface area contributed by atoms with Gasteiger partial charge in [0.05, 0.1) is 17.8 Å². The van der Waals surface area contributed by atoms with Gasteiger partial charge in [-0.05, 0) is 32.9 Å². The van der Waals surface area contributed by atoms with Crippen LogP contribution in [0.1, 0.15) is 34.6 Å². The molecule has 0 aliphatic carbocycles. The summed E-state index contributed by atoms with van der Waals surface area (Å²) in [6.07, 6.45) is 1.65. The van der Waals surface area contributed by atoms with E-state index in [2.05, 4.69) is 20.6 Å². The van der Waals surface area contributed by atoms with Crippen molar-refractivity contribution in [2.75, 3.05) is 11.9 Å². The minimum atomic E-state index is -0.206. The predicted molar refractivity (Wildman–Crippen MR) is 75.5 cm³/mol. The number of nitrogens with one attached hydrogen (secondary N) is 2. The van der Waals surface area contributed by atoms with E-state index < -0.39 is 0 Å². The molecule has 6 nitrogen and oxygen atoms in total. The van der Waals surface area contributed by atoms with Crippen molar-refractivity contribution in [2.24, 2.45) is 0 Å². The largest absolute Gasteiger partial charge is 0.444 e. The zero-order chi connectivity index (χ0) is 14.5. The van der Waals surface area contributed by atoms with E-state index in [0.717, 1.165) is 11.5 Å². The molecule has 20 heavy (non-hydrogen) atoms. The van der Waals surface area contributed by atoms with Crippen LogP contribution in [0.25, 0.3) is 0 Å². The topological polar surface area (TPSA) is 80.0 Å². The van der Waals surface area contributed by atoms with Gasteiger partial charge in [0.15, 0.2) is 0 Å². The Morgan fingerprint density at radius 3 is 2.85 bits per heavy atom. The second-order valence-electron chi connectivity index (χ2n) is 4.36. The van der Waals surface area contributed by atoms with Crippen LogP contribution in [0, 0.1) is 13.8 Å². The first-order valence-corrected chi connectivity index (χ1v) is 6.51. The Labute approximate surface area is 117 Å². The van der Waals surface area contributed by atoms with Crippen molar-refractivity contribution in [3.8, 4) is 0 Å². The van der Waals surface area contributed by atoms with Crippen molar-refractivity contribution >= 4 is 11.7 Å². The molecule has 0 atom stereocenters. The van der Waals surface area contributed by atoms with E-state index in [4.69, 9.17) is 4.42 Å². The Balaban J connectivity index is 2.05. The van der Waals surface area contributed by atoms with E-state index in [1.54, 1.807) is 18.3 Å². The maximum atomic E-state index is 12.1. The van der Waals surface area contributed by atoms with Crippen LogP contribution in [0.4, 0.5) is 5.82 Å². The normalized spacial score (nSPS) is 10.3. The van der Waals surface area contributed by atoms with E-state index in [-0.39, 0.29) is 12.5 Å². The van der Waals surface area contributed by atoms with E-state index in [1.165, 1.54) is 0 Å². The molecule has 0 unspecified atom stereocenters. The highest BCUT2D eigenvalue weighted by molar-refractivity contribution is 5.98. The number of anilines is 1. The van der Waals surface area contributed by atoms with Crippen LogP contribution in [0.3, 0.4) is 0 Å². The fourth-order valence-electron chi connectivity index (χ4n) is 1.76. The highest BCUT2D eigenvalue weighted by Gasteiger charge is 2.13. The molecule has 0 aliphatic rings. The van der Waals surface area contributed by atoms with Gasteiger partial charge in [-0.2, -0.15) is 0 Å². The van der Waals surface area contributed by atoms with E-state index in [9.17, 15) is 4.79 Å². The lowest BCUT2D eigenvalue weighted by Crippen LogP contribution is -2.24. The quantitative estimate of drug-likeness (QED) is 0.872. The Morgan fingerprint density at radius 1 is 1.40 bits per heavy atom. The van der Waals surface area contributed by atoms with Gasteiger partial charge in [-0.15, -0.1) is 0 Å². The molecule has 2 aromatic rings. The Morgan fingerprint density at radius 2 is 2.20 bits per heavy atom. The highest BCUT2D eigenvalue weighted by atomic mass is 16.4. The highest BCUT2D eigenvalue weighted by Crippen LogP contribution is 2.12. The predicted octanol–water partition coefficient (Wildman–Crippen LogP) is 2.05. The van der Waals surface area contributed by atoms with E-state index in [0.29, 0.717) is 23.8 Å². The second kappa shape index (κ2) is 6.18. The van der Waals surface area contributed by atoms with Gasteiger partial charge in [-0.25, -0.2) is 9.97 Å². The molecule has 2 N–H and O–H groups in total. The van der Waals surface area contributed by atoms with Crippen LogP contribution in [-0.2, 0) is 6.54 Å². The molecule has 1 amide bonds. The van der Waals surface area contributed by atoms with E-state index in [1.807, 2.05) is 20.8 Å². The number of amides is 1. The fraction of sp³-hybridized carbons (Fsp3) is 0.357. The van der Waals surface area contributed by atoms with Gasteiger partial charge in [0.1, 0.15) is 11.6 Å². The summed E-state index contributed by atoms with van der Waals surface area (Å²) in [6, 6.07) is 3.46. The van der Waals surface area contributed by atoms with Crippen LogP contribution in [0.2, 0.25) is 0 Å². The summed E-state index contributed by atoms with van der Waals surface area (Å²) in [5.74, 6) is 1.64. The number of rotatable bonds is 5. The third kappa shape index (κ3) is 3.14. The summed E-state index contributed by atoms with van der Waals surface area (Å²) in [7, 11) is 0. The molecule has 2 heterocycles. The molecule has 6 heteroatoms. The molecule has 2 rings (SSSR count). The maximum Gasteiger partial charge on any atom is 0.255 e. The lowest BCUT2D eigenvalue weighted by Gasteiger charge is -2.08. The average Bonchev–Trinajstić information content (AvgIpc) is 2.76. The van der Waals surface area contributed by atoms with Crippen molar-refractivity contribution in [1.29, 1.82) is 0 Å². The van der Waals surface area contributed by atoms with Crippen LogP contribution in [-0.4, -0.2) is 22.4 Å². The van der Waals surface area contributed by atoms with Crippen LogP contribution in [0.15, 0.2) is 22.7 Å². The summed E-state index contributed by atoms with van der Waals surface area (Å²) in [5, 5.41) is 5.84. The molecule has 0 aliphatic heterocycles. The minimum absolute atomic E-state index is 0.206. The first-order valence-electron chi connectivity index (χ1n) is 6.51. The molecule has 0 fully saturated rings. The molecular weight excluding hydrogens is 256 g/mol.